The SMILES string of the molecule is Cn1nnnc1SCC1=C(C(=O)O)N2C(=O)C(NC(=O)Cc3ccc(CSC=NNN)cc3)C2SC1. The van der Waals surface area contributed by atoms with Gasteiger partial charge in [0.15, 0.2) is 0 Å². The van der Waals surface area contributed by atoms with Crippen LogP contribution < -0.4 is 16.7 Å². The van der Waals surface area contributed by atoms with E-state index in [1.54, 1.807) is 12.6 Å². The highest BCUT2D eigenvalue weighted by molar-refractivity contribution is 8.11. The maximum Gasteiger partial charge on any atom is 0.352 e. The minimum absolute atomic E-state index is 0.0300. The van der Waals surface area contributed by atoms with Crippen LogP contribution in [0.2, 0.25) is 0 Å². The number of rotatable bonds is 11. The van der Waals surface area contributed by atoms with Gasteiger partial charge in [-0.1, -0.05) is 36.0 Å². The second-order valence-corrected chi connectivity index (χ2v) is 10.6. The third kappa shape index (κ3) is 5.83. The molecule has 0 aliphatic carbocycles. The number of benzene rings is 1. The highest BCUT2D eigenvalue weighted by Crippen LogP contribution is 2.41. The van der Waals surface area contributed by atoms with Crippen LogP contribution in [-0.2, 0) is 33.6 Å². The van der Waals surface area contributed by atoms with Gasteiger partial charge in [-0.25, -0.2) is 20.9 Å². The Hall–Kier alpha value is -3.08. The number of hydrogen-bond acceptors (Lipinski definition) is 12. The summed E-state index contributed by atoms with van der Waals surface area (Å²) in [5.41, 5.74) is 6.24. The number of hydrogen-bond donors (Lipinski definition) is 4. The highest BCUT2D eigenvalue weighted by atomic mass is 32.2. The first-order chi connectivity index (χ1) is 17.4. The van der Waals surface area contributed by atoms with Crippen molar-refractivity contribution in [1.82, 2.24) is 36.0 Å². The molecule has 4 rings (SSSR count). The Morgan fingerprint density at radius 3 is 2.72 bits per heavy atom. The number of β-lactam (4-membered cyclic amide) rings is 1. The third-order valence-electron chi connectivity index (χ3n) is 5.36. The first-order valence-corrected chi connectivity index (χ1v) is 13.7. The van der Waals surface area contributed by atoms with Crippen molar-refractivity contribution in [3.63, 3.8) is 0 Å². The second-order valence-electron chi connectivity index (χ2n) is 7.75. The van der Waals surface area contributed by atoms with Crippen LogP contribution in [0, 0.1) is 0 Å². The number of carboxylic acids is 1. The highest BCUT2D eigenvalue weighted by Gasteiger charge is 2.54. The monoisotopic (exact) mass is 549 g/mol. The predicted molar refractivity (Wildman–Crippen MR) is 136 cm³/mol. The van der Waals surface area contributed by atoms with E-state index in [0.29, 0.717) is 28.0 Å². The van der Waals surface area contributed by atoms with Crippen LogP contribution in [0.25, 0.3) is 0 Å². The van der Waals surface area contributed by atoms with E-state index in [4.69, 9.17) is 5.84 Å². The van der Waals surface area contributed by atoms with Crippen LogP contribution in [0.5, 0.6) is 0 Å². The Labute approximate surface area is 218 Å². The lowest BCUT2D eigenvalue weighted by Gasteiger charge is -2.49. The Balaban J connectivity index is 1.34. The molecule has 13 nitrogen and oxygen atoms in total. The molecule has 190 valence electrons. The van der Waals surface area contributed by atoms with Gasteiger partial charge in [-0.05, 0) is 27.1 Å². The molecule has 2 amide bonds. The second kappa shape index (κ2) is 11.8. The van der Waals surface area contributed by atoms with E-state index in [1.165, 1.54) is 44.9 Å². The van der Waals surface area contributed by atoms with Crippen molar-refractivity contribution in [3.05, 3.63) is 46.7 Å². The largest absolute Gasteiger partial charge is 0.477 e. The number of carbonyl (C=O) groups excluding carboxylic acids is 2. The number of carboxylic acid groups (broad SMARTS) is 1. The van der Waals surface area contributed by atoms with E-state index in [2.05, 4.69) is 31.5 Å². The number of thioether (sulfide) groups is 3. The molecule has 1 fully saturated rings. The molecule has 2 aliphatic rings. The fourth-order valence-electron chi connectivity index (χ4n) is 3.65. The summed E-state index contributed by atoms with van der Waals surface area (Å²) in [6.45, 7) is 0. The maximum atomic E-state index is 12.9. The molecular formula is C20H23N9O4S3. The lowest BCUT2D eigenvalue weighted by molar-refractivity contribution is -0.150. The number of nitrogens with zero attached hydrogens (tertiary/aromatic N) is 6. The summed E-state index contributed by atoms with van der Waals surface area (Å²) in [7, 11) is 1.69. The van der Waals surface area contributed by atoms with E-state index in [9.17, 15) is 19.5 Å². The number of nitrogens with two attached hydrogens (primary N) is 1. The molecule has 2 aromatic rings. The van der Waals surface area contributed by atoms with E-state index < -0.39 is 23.3 Å². The fourth-order valence-corrected chi connectivity index (χ4v) is 6.58. The molecule has 0 saturated carbocycles. The molecular weight excluding hydrogens is 526 g/mol. The number of amides is 2. The van der Waals surface area contributed by atoms with Crippen molar-refractivity contribution >= 4 is 58.6 Å². The number of fused-ring (bicyclic) bond motifs is 1. The van der Waals surface area contributed by atoms with Gasteiger partial charge in [0.2, 0.25) is 11.1 Å². The van der Waals surface area contributed by atoms with E-state index in [-0.39, 0.29) is 18.0 Å². The molecule has 5 N–H and O–H groups in total. The van der Waals surface area contributed by atoms with E-state index in [0.717, 1.165) is 11.1 Å². The Kier molecular flexibility index (Phi) is 8.50. The topological polar surface area (TPSA) is 181 Å². The number of aromatic nitrogens is 4. The summed E-state index contributed by atoms with van der Waals surface area (Å²) in [6.07, 6.45) is 0.113. The van der Waals surface area contributed by atoms with Gasteiger partial charge in [0.05, 0.1) is 12.0 Å². The van der Waals surface area contributed by atoms with Crippen molar-refractivity contribution in [1.29, 1.82) is 0 Å². The van der Waals surface area contributed by atoms with Crippen molar-refractivity contribution in [3.8, 4) is 0 Å². The van der Waals surface area contributed by atoms with Gasteiger partial charge >= 0.3 is 5.97 Å². The first kappa shape index (κ1) is 26.0. The Bertz CT molecular complexity index is 1200. The van der Waals surface area contributed by atoms with Gasteiger partial charge in [-0.3, -0.25) is 14.5 Å². The standard InChI is InChI=1S/C20H23N9O4S3/c1-28-20(24-26-27-28)36-9-13-8-35-18-15(17(31)29(18)16(13)19(32)33)23-14(30)6-11-2-4-12(5-3-11)7-34-10-22-25-21/h2-5,10,15,18,25H,6-9,21H2,1H3,(H,23,30)(H,32,33). The molecule has 0 spiro atoms. The van der Waals surface area contributed by atoms with Gasteiger partial charge in [0.25, 0.3) is 5.91 Å². The summed E-state index contributed by atoms with van der Waals surface area (Å²) in [4.78, 5) is 38.8. The normalized spacial score (nSPS) is 19.3. The smallest absolute Gasteiger partial charge is 0.352 e. The number of nitrogens with one attached hydrogen (secondary N) is 2. The molecule has 2 unspecified atom stereocenters. The van der Waals surface area contributed by atoms with Crippen molar-refractivity contribution in [2.45, 2.75) is 28.7 Å². The zero-order chi connectivity index (χ0) is 25.7. The molecule has 2 atom stereocenters. The Morgan fingerprint density at radius 2 is 2.06 bits per heavy atom. The van der Waals surface area contributed by atoms with Gasteiger partial charge in [-0.15, -0.1) is 28.6 Å². The predicted octanol–water partition coefficient (Wildman–Crippen LogP) is -0.0767. The lowest BCUT2D eigenvalue weighted by atomic mass is 10.0. The van der Waals surface area contributed by atoms with Crippen LogP contribution in [0.1, 0.15) is 11.1 Å². The van der Waals surface area contributed by atoms with Crippen LogP contribution in [0.3, 0.4) is 0 Å². The van der Waals surface area contributed by atoms with Crippen LogP contribution >= 0.6 is 35.3 Å². The third-order valence-corrected chi connectivity index (χ3v) is 8.55. The molecule has 1 saturated heterocycles. The summed E-state index contributed by atoms with van der Waals surface area (Å²) < 4.78 is 1.49. The molecule has 0 bridgehead atoms. The average molecular weight is 550 g/mol. The minimum Gasteiger partial charge on any atom is -0.477 e. The van der Waals surface area contributed by atoms with E-state index in [1.807, 2.05) is 24.3 Å². The van der Waals surface area contributed by atoms with Crippen LogP contribution in [0.15, 0.2) is 45.8 Å². The Morgan fingerprint density at radius 1 is 1.31 bits per heavy atom. The number of aliphatic carboxylic acids is 1. The molecule has 1 aromatic carbocycles. The number of carbonyl (C=O) groups is 3. The molecule has 1 aromatic heterocycles. The number of aryl methyl sites for hydroxylation is 1. The molecule has 0 radical (unpaired) electrons. The van der Waals surface area contributed by atoms with Crippen LogP contribution in [0.4, 0.5) is 0 Å². The van der Waals surface area contributed by atoms with Gasteiger partial charge < -0.3 is 10.4 Å². The average Bonchev–Trinajstić information content (AvgIpc) is 3.28. The molecule has 2 aliphatic heterocycles. The summed E-state index contributed by atoms with van der Waals surface area (Å²) in [5.74, 6) is 4.63. The quantitative estimate of drug-likeness (QED) is 0.0732. The van der Waals surface area contributed by atoms with Crippen LogP contribution in [-0.4, -0.2) is 76.5 Å². The number of tetrazole rings is 1. The zero-order valence-corrected chi connectivity index (χ0v) is 21.5. The van der Waals surface area contributed by atoms with Gasteiger partial charge in [0.1, 0.15) is 17.1 Å². The number of hydrazine groups is 1. The zero-order valence-electron chi connectivity index (χ0n) is 19.0. The number of hydrazone groups is 1. The summed E-state index contributed by atoms with van der Waals surface area (Å²) in [5, 5.41) is 27.6. The molecule has 16 heteroatoms. The van der Waals surface area contributed by atoms with E-state index >= 15 is 0 Å². The van der Waals surface area contributed by atoms with Crippen molar-refractivity contribution in [2.75, 3.05) is 11.5 Å². The van der Waals surface area contributed by atoms with Crippen molar-refractivity contribution < 1.29 is 19.5 Å². The molecule has 36 heavy (non-hydrogen) atoms. The fraction of sp³-hybridized carbons (Fsp3) is 0.350. The lowest BCUT2D eigenvalue weighted by Crippen LogP contribution is -2.70. The van der Waals surface area contributed by atoms with Gasteiger partial charge in [-0.2, -0.15) is 5.10 Å². The first-order valence-electron chi connectivity index (χ1n) is 10.6. The minimum atomic E-state index is -1.17. The maximum absolute atomic E-state index is 12.9. The molecule has 3 heterocycles. The van der Waals surface area contributed by atoms with Crippen molar-refractivity contribution in [2.24, 2.45) is 18.0 Å². The summed E-state index contributed by atoms with van der Waals surface area (Å²) >= 11 is 4.20. The summed E-state index contributed by atoms with van der Waals surface area (Å²) in [6, 6.07) is 6.81. The van der Waals surface area contributed by atoms with Gasteiger partial charge in [0, 0.05) is 24.3 Å².